The van der Waals surface area contributed by atoms with Crippen LogP contribution in [-0.2, 0) is 4.79 Å². The van der Waals surface area contributed by atoms with Crippen LogP contribution in [0.4, 0.5) is 4.79 Å². The second kappa shape index (κ2) is 5.26. The first-order valence-corrected chi connectivity index (χ1v) is 6.59. The molecule has 5 nitrogen and oxygen atoms in total. The number of hydrogen-bond acceptors (Lipinski definition) is 3. The number of carbonyl (C=O) groups excluding carboxylic acids is 2. The van der Waals surface area contributed by atoms with Gasteiger partial charge in [0, 0.05) is 12.1 Å². The minimum Gasteiger partial charge on any atom is -0.323 e. The standard InChI is InChI=1S/C13H25N3O2/c1-6-13(5)10(17)16(11(18)15-13)9-7-8-14-12(2,3)4/h14H,6-9H2,1-5H3,(H,15,18). The molecule has 3 amide bonds. The molecule has 0 saturated carbocycles. The predicted molar refractivity (Wildman–Crippen MR) is 71.3 cm³/mol. The number of carbonyl (C=O) groups is 2. The minimum atomic E-state index is -0.714. The van der Waals surface area contributed by atoms with E-state index in [2.05, 4.69) is 31.4 Å². The molecule has 0 aromatic carbocycles. The first-order chi connectivity index (χ1) is 8.19. The summed E-state index contributed by atoms with van der Waals surface area (Å²) in [5.41, 5.74) is -0.649. The Bertz CT molecular complexity index is 336. The summed E-state index contributed by atoms with van der Waals surface area (Å²) in [4.78, 5) is 25.1. The van der Waals surface area contributed by atoms with Crippen molar-refractivity contribution in [2.45, 2.75) is 58.5 Å². The third-order valence-corrected chi connectivity index (χ3v) is 3.27. The molecule has 1 atom stereocenters. The molecule has 0 radical (unpaired) electrons. The van der Waals surface area contributed by atoms with E-state index < -0.39 is 5.54 Å². The van der Waals surface area contributed by atoms with E-state index in [9.17, 15) is 9.59 Å². The molecule has 0 bridgehead atoms. The average molecular weight is 255 g/mol. The number of imide groups is 1. The zero-order chi connectivity index (χ0) is 14.0. The van der Waals surface area contributed by atoms with Crippen molar-refractivity contribution < 1.29 is 9.59 Å². The molecule has 1 fully saturated rings. The van der Waals surface area contributed by atoms with E-state index in [0.717, 1.165) is 13.0 Å². The van der Waals surface area contributed by atoms with Crippen LogP contribution in [0.25, 0.3) is 0 Å². The zero-order valence-corrected chi connectivity index (χ0v) is 12.1. The number of hydrogen-bond donors (Lipinski definition) is 2. The van der Waals surface area contributed by atoms with Gasteiger partial charge in [-0.05, 0) is 47.1 Å². The van der Waals surface area contributed by atoms with Gasteiger partial charge in [0.15, 0.2) is 0 Å². The highest BCUT2D eigenvalue weighted by atomic mass is 16.2. The monoisotopic (exact) mass is 255 g/mol. The second-order valence-corrected chi connectivity index (χ2v) is 6.10. The van der Waals surface area contributed by atoms with Crippen LogP contribution in [0.1, 0.15) is 47.5 Å². The van der Waals surface area contributed by atoms with E-state index >= 15 is 0 Å². The molecule has 1 aliphatic rings. The number of amides is 3. The molecule has 5 heteroatoms. The number of rotatable bonds is 5. The van der Waals surface area contributed by atoms with Crippen LogP contribution in [0, 0.1) is 0 Å². The van der Waals surface area contributed by atoms with Crippen LogP contribution in [0.2, 0.25) is 0 Å². The van der Waals surface area contributed by atoms with Crippen LogP contribution < -0.4 is 10.6 Å². The van der Waals surface area contributed by atoms with Crippen molar-refractivity contribution in [1.82, 2.24) is 15.5 Å². The first kappa shape index (κ1) is 15.0. The van der Waals surface area contributed by atoms with Crippen LogP contribution in [-0.4, -0.2) is 41.0 Å². The van der Waals surface area contributed by atoms with Gasteiger partial charge < -0.3 is 10.6 Å². The van der Waals surface area contributed by atoms with Gasteiger partial charge in [-0.3, -0.25) is 9.69 Å². The summed E-state index contributed by atoms with van der Waals surface area (Å²) >= 11 is 0. The lowest BCUT2D eigenvalue weighted by Gasteiger charge is -2.22. The van der Waals surface area contributed by atoms with Crippen molar-refractivity contribution in [1.29, 1.82) is 0 Å². The molecule has 1 rings (SSSR count). The summed E-state index contributed by atoms with van der Waals surface area (Å²) in [5, 5.41) is 6.09. The molecular weight excluding hydrogens is 230 g/mol. The molecule has 0 aromatic rings. The topological polar surface area (TPSA) is 61.4 Å². The Morgan fingerprint density at radius 3 is 2.39 bits per heavy atom. The van der Waals surface area contributed by atoms with E-state index in [1.54, 1.807) is 6.92 Å². The van der Waals surface area contributed by atoms with Gasteiger partial charge >= 0.3 is 6.03 Å². The molecule has 18 heavy (non-hydrogen) atoms. The number of nitrogens with zero attached hydrogens (tertiary/aromatic N) is 1. The third-order valence-electron chi connectivity index (χ3n) is 3.27. The molecule has 0 aromatic heterocycles. The van der Waals surface area contributed by atoms with E-state index in [1.807, 2.05) is 6.92 Å². The molecule has 2 N–H and O–H groups in total. The Hall–Kier alpha value is -1.10. The van der Waals surface area contributed by atoms with Gasteiger partial charge in [0.1, 0.15) is 5.54 Å². The maximum atomic E-state index is 12.1. The number of nitrogens with one attached hydrogen (secondary N) is 2. The molecule has 104 valence electrons. The predicted octanol–water partition coefficient (Wildman–Crippen LogP) is 1.49. The molecular formula is C13H25N3O2. The summed E-state index contributed by atoms with van der Waals surface area (Å²) in [6, 6.07) is -0.264. The normalized spacial score (nSPS) is 24.6. The van der Waals surface area contributed by atoms with Crippen LogP contribution >= 0.6 is 0 Å². The van der Waals surface area contributed by atoms with Crippen molar-refractivity contribution >= 4 is 11.9 Å². The largest absolute Gasteiger partial charge is 0.325 e. The average Bonchev–Trinajstić information content (AvgIpc) is 2.46. The highest BCUT2D eigenvalue weighted by Crippen LogP contribution is 2.20. The highest BCUT2D eigenvalue weighted by molar-refractivity contribution is 6.06. The van der Waals surface area contributed by atoms with E-state index in [1.165, 1.54) is 4.90 Å². The number of urea groups is 1. The summed E-state index contributed by atoms with van der Waals surface area (Å²) in [5.74, 6) is -0.106. The lowest BCUT2D eigenvalue weighted by molar-refractivity contribution is -0.130. The van der Waals surface area contributed by atoms with Crippen LogP contribution in [0.3, 0.4) is 0 Å². The van der Waals surface area contributed by atoms with Crippen molar-refractivity contribution in [3.05, 3.63) is 0 Å². The first-order valence-electron chi connectivity index (χ1n) is 6.59. The zero-order valence-electron chi connectivity index (χ0n) is 12.1. The minimum absolute atomic E-state index is 0.0647. The Labute approximate surface area is 109 Å². The lowest BCUT2D eigenvalue weighted by Crippen LogP contribution is -2.43. The Morgan fingerprint density at radius 2 is 1.94 bits per heavy atom. The van der Waals surface area contributed by atoms with Crippen molar-refractivity contribution in [3.8, 4) is 0 Å². The fraction of sp³-hybridized carbons (Fsp3) is 0.846. The maximum absolute atomic E-state index is 12.1. The van der Waals surface area contributed by atoms with Gasteiger partial charge in [-0.2, -0.15) is 0 Å². The fourth-order valence-corrected chi connectivity index (χ4v) is 1.89. The Balaban J connectivity index is 2.44. The van der Waals surface area contributed by atoms with E-state index in [-0.39, 0.29) is 17.5 Å². The van der Waals surface area contributed by atoms with E-state index in [0.29, 0.717) is 13.0 Å². The van der Waals surface area contributed by atoms with E-state index in [4.69, 9.17) is 0 Å². The summed E-state index contributed by atoms with van der Waals surface area (Å²) in [6.07, 6.45) is 1.39. The van der Waals surface area contributed by atoms with Crippen LogP contribution in [0.5, 0.6) is 0 Å². The molecule has 1 heterocycles. The molecule has 0 aliphatic carbocycles. The molecule has 1 aliphatic heterocycles. The van der Waals surface area contributed by atoms with Gasteiger partial charge in [0.25, 0.3) is 5.91 Å². The van der Waals surface area contributed by atoms with Gasteiger partial charge in [0.05, 0.1) is 0 Å². The third kappa shape index (κ3) is 3.45. The Morgan fingerprint density at radius 1 is 1.33 bits per heavy atom. The smallest absolute Gasteiger partial charge is 0.323 e. The van der Waals surface area contributed by atoms with Crippen molar-refractivity contribution in [2.24, 2.45) is 0 Å². The fourth-order valence-electron chi connectivity index (χ4n) is 1.89. The highest BCUT2D eigenvalue weighted by Gasteiger charge is 2.45. The lowest BCUT2D eigenvalue weighted by atomic mass is 9.99. The van der Waals surface area contributed by atoms with Crippen LogP contribution in [0.15, 0.2) is 0 Å². The maximum Gasteiger partial charge on any atom is 0.325 e. The second-order valence-electron chi connectivity index (χ2n) is 6.10. The molecule has 0 spiro atoms. The quantitative estimate of drug-likeness (QED) is 0.578. The van der Waals surface area contributed by atoms with Crippen molar-refractivity contribution in [3.63, 3.8) is 0 Å². The summed E-state index contributed by atoms with van der Waals surface area (Å²) in [6.45, 7) is 11.2. The van der Waals surface area contributed by atoms with Gasteiger partial charge in [-0.1, -0.05) is 6.92 Å². The molecule has 1 unspecified atom stereocenters. The summed E-state index contributed by atoms with van der Waals surface area (Å²) in [7, 11) is 0. The van der Waals surface area contributed by atoms with Gasteiger partial charge in [-0.15, -0.1) is 0 Å². The van der Waals surface area contributed by atoms with Gasteiger partial charge in [-0.25, -0.2) is 4.79 Å². The van der Waals surface area contributed by atoms with Crippen molar-refractivity contribution in [2.75, 3.05) is 13.1 Å². The van der Waals surface area contributed by atoms with Gasteiger partial charge in [0.2, 0.25) is 0 Å². The Kier molecular flexibility index (Phi) is 4.37. The SMILES string of the molecule is CCC1(C)NC(=O)N(CCCNC(C)(C)C)C1=O. The molecule has 1 saturated heterocycles. The summed E-state index contributed by atoms with van der Waals surface area (Å²) < 4.78 is 0.